The second kappa shape index (κ2) is 2.99. The van der Waals surface area contributed by atoms with Crippen LogP contribution in [0, 0.1) is 0 Å². The Morgan fingerprint density at radius 3 is 2.79 bits per heavy atom. The summed E-state index contributed by atoms with van der Waals surface area (Å²) in [4.78, 5) is 14.4. The Bertz CT molecular complexity index is 508. The lowest BCUT2D eigenvalue weighted by Crippen LogP contribution is -2.06. The molecule has 2 aromatic rings. The van der Waals surface area contributed by atoms with Gasteiger partial charge in [-0.15, -0.1) is 0 Å². The Morgan fingerprint density at radius 2 is 2.07 bits per heavy atom. The van der Waals surface area contributed by atoms with Crippen LogP contribution >= 0.6 is 0 Å². The molecule has 0 unspecified atom stereocenters. The van der Waals surface area contributed by atoms with Crippen molar-refractivity contribution in [2.75, 3.05) is 0 Å². The number of nitrogens with zero attached hydrogens (tertiary/aromatic N) is 1. The van der Waals surface area contributed by atoms with Crippen molar-refractivity contribution in [3.8, 4) is 5.75 Å². The summed E-state index contributed by atoms with van der Waals surface area (Å²) in [6.45, 7) is 0. The smallest absolute Gasteiger partial charge is 0.353 e. The first-order chi connectivity index (χ1) is 6.68. The standard InChI is InChI=1S/C10H7NO3/c12-8-5-6-3-1-2-4-7(6)11-9(8)10(13)14/h1-5,12H,(H,13,14)/p-1. The van der Waals surface area contributed by atoms with E-state index in [2.05, 4.69) is 4.98 Å². The Kier molecular flexibility index (Phi) is 1.81. The number of aromatic carboxylic acids is 1. The molecule has 1 aromatic carbocycles. The van der Waals surface area contributed by atoms with E-state index < -0.39 is 17.4 Å². The van der Waals surface area contributed by atoms with Crippen molar-refractivity contribution in [2.45, 2.75) is 0 Å². The number of fused-ring (bicyclic) bond motifs is 1. The number of pyridine rings is 1. The number of hydrogen-bond donors (Lipinski definition) is 1. The summed E-state index contributed by atoms with van der Waals surface area (Å²) in [6.07, 6.45) is 0. The zero-order valence-electron chi connectivity index (χ0n) is 7.10. The Morgan fingerprint density at radius 1 is 1.36 bits per heavy atom. The fourth-order valence-corrected chi connectivity index (χ4v) is 1.25. The van der Waals surface area contributed by atoms with Gasteiger partial charge in [0, 0.05) is 0 Å². The second-order valence-corrected chi connectivity index (χ2v) is 2.83. The number of aromatic nitrogens is 1. The molecular formula is C10H6NO3-. The average Bonchev–Trinajstić information content (AvgIpc) is 2.16. The SMILES string of the molecule is O=C(O)c1nc2ccccc2cc1[O-]. The van der Waals surface area contributed by atoms with E-state index in [9.17, 15) is 9.90 Å². The molecule has 1 heterocycles. The highest BCUT2D eigenvalue weighted by Gasteiger charge is 2.06. The fourth-order valence-electron chi connectivity index (χ4n) is 1.25. The van der Waals surface area contributed by atoms with E-state index in [4.69, 9.17) is 5.11 Å². The minimum atomic E-state index is -1.29. The first-order valence-electron chi connectivity index (χ1n) is 3.98. The molecule has 1 N–H and O–H groups in total. The van der Waals surface area contributed by atoms with Crippen LogP contribution in [-0.2, 0) is 0 Å². The van der Waals surface area contributed by atoms with Crippen LogP contribution in [-0.4, -0.2) is 16.1 Å². The number of carboxylic acids is 1. The third-order valence-electron chi connectivity index (χ3n) is 1.89. The molecule has 0 radical (unpaired) electrons. The number of rotatable bonds is 1. The normalized spacial score (nSPS) is 10.3. The summed E-state index contributed by atoms with van der Waals surface area (Å²) in [5.41, 5.74) is 0.0909. The van der Waals surface area contributed by atoms with E-state index in [1.807, 2.05) is 0 Å². The van der Waals surface area contributed by atoms with Crippen molar-refractivity contribution in [3.05, 3.63) is 36.0 Å². The summed E-state index contributed by atoms with van der Waals surface area (Å²) in [7, 11) is 0. The van der Waals surface area contributed by atoms with Gasteiger partial charge in [0.1, 0.15) is 5.69 Å². The molecule has 0 fully saturated rings. The van der Waals surface area contributed by atoms with E-state index in [0.29, 0.717) is 10.9 Å². The fraction of sp³-hybridized carbons (Fsp3) is 0. The van der Waals surface area contributed by atoms with Gasteiger partial charge in [-0.3, -0.25) is 0 Å². The van der Waals surface area contributed by atoms with Gasteiger partial charge in [0.2, 0.25) is 0 Å². The minimum Gasteiger partial charge on any atom is -0.871 e. The summed E-state index contributed by atoms with van der Waals surface area (Å²) in [5.74, 6) is -1.85. The molecule has 0 bridgehead atoms. The molecule has 0 aliphatic carbocycles. The molecule has 0 aliphatic rings. The van der Waals surface area contributed by atoms with Crippen molar-refractivity contribution in [1.82, 2.24) is 4.98 Å². The van der Waals surface area contributed by atoms with Gasteiger partial charge in [0.25, 0.3) is 0 Å². The molecule has 0 atom stereocenters. The van der Waals surface area contributed by atoms with Gasteiger partial charge >= 0.3 is 5.97 Å². The molecule has 4 nitrogen and oxygen atoms in total. The third-order valence-corrected chi connectivity index (χ3v) is 1.89. The van der Waals surface area contributed by atoms with Crippen molar-refractivity contribution in [3.63, 3.8) is 0 Å². The zero-order chi connectivity index (χ0) is 10.1. The molecule has 0 spiro atoms. The lowest BCUT2D eigenvalue weighted by Gasteiger charge is -2.09. The van der Waals surface area contributed by atoms with Gasteiger partial charge in [-0.25, -0.2) is 9.78 Å². The number of benzene rings is 1. The number of carboxylic acid groups (broad SMARTS) is 1. The first-order valence-corrected chi connectivity index (χ1v) is 3.98. The van der Waals surface area contributed by atoms with E-state index >= 15 is 0 Å². The van der Waals surface area contributed by atoms with Crippen LogP contribution in [0.3, 0.4) is 0 Å². The zero-order valence-corrected chi connectivity index (χ0v) is 7.10. The second-order valence-electron chi connectivity index (χ2n) is 2.83. The van der Waals surface area contributed by atoms with Crippen molar-refractivity contribution < 1.29 is 15.0 Å². The average molecular weight is 188 g/mol. The highest BCUT2D eigenvalue weighted by Crippen LogP contribution is 2.19. The van der Waals surface area contributed by atoms with Crippen LogP contribution in [0.5, 0.6) is 5.75 Å². The summed E-state index contributed by atoms with van der Waals surface area (Å²) < 4.78 is 0. The lowest BCUT2D eigenvalue weighted by atomic mass is 10.2. The van der Waals surface area contributed by atoms with Gasteiger partial charge in [0.05, 0.1) is 5.52 Å². The van der Waals surface area contributed by atoms with E-state index in [0.717, 1.165) is 0 Å². The van der Waals surface area contributed by atoms with Crippen molar-refractivity contribution >= 4 is 16.9 Å². The maximum atomic E-state index is 11.2. The van der Waals surface area contributed by atoms with Gasteiger partial charge in [0.15, 0.2) is 0 Å². The van der Waals surface area contributed by atoms with Crippen LogP contribution in [0.25, 0.3) is 10.9 Å². The van der Waals surface area contributed by atoms with Gasteiger partial charge in [-0.1, -0.05) is 30.0 Å². The number of para-hydroxylation sites is 1. The third kappa shape index (κ3) is 1.26. The van der Waals surface area contributed by atoms with Crippen LogP contribution in [0.4, 0.5) is 0 Å². The van der Waals surface area contributed by atoms with E-state index in [-0.39, 0.29) is 0 Å². The molecular weight excluding hydrogens is 182 g/mol. The largest absolute Gasteiger partial charge is 0.871 e. The highest BCUT2D eigenvalue weighted by molar-refractivity contribution is 5.92. The van der Waals surface area contributed by atoms with Gasteiger partial charge < -0.3 is 10.2 Å². The maximum absolute atomic E-state index is 11.2. The summed E-state index contributed by atoms with van der Waals surface area (Å²) in [6, 6.07) is 8.18. The lowest BCUT2D eigenvalue weighted by molar-refractivity contribution is -0.269. The van der Waals surface area contributed by atoms with Crippen LogP contribution in [0.2, 0.25) is 0 Å². The van der Waals surface area contributed by atoms with Crippen LogP contribution < -0.4 is 5.11 Å². The first kappa shape index (κ1) is 8.50. The molecule has 0 aliphatic heterocycles. The van der Waals surface area contributed by atoms with Crippen LogP contribution in [0.15, 0.2) is 30.3 Å². The maximum Gasteiger partial charge on any atom is 0.353 e. The molecule has 14 heavy (non-hydrogen) atoms. The van der Waals surface area contributed by atoms with Crippen molar-refractivity contribution in [1.29, 1.82) is 0 Å². The molecule has 0 amide bonds. The van der Waals surface area contributed by atoms with E-state index in [1.54, 1.807) is 24.3 Å². The molecule has 0 saturated heterocycles. The summed E-state index contributed by atoms with van der Waals surface area (Å²) in [5, 5.41) is 20.5. The van der Waals surface area contributed by atoms with Crippen molar-refractivity contribution in [2.24, 2.45) is 0 Å². The minimum absolute atomic E-state index is 0.427. The topological polar surface area (TPSA) is 73.2 Å². The van der Waals surface area contributed by atoms with Gasteiger partial charge in [-0.2, -0.15) is 0 Å². The molecule has 2 rings (SSSR count). The molecule has 0 saturated carbocycles. The predicted octanol–water partition coefficient (Wildman–Crippen LogP) is 1.01. The predicted molar refractivity (Wildman–Crippen MR) is 48.1 cm³/mol. The quantitative estimate of drug-likeness (QED) is 0.724. The Labute approximate surface area is 79.4 Å². The van der Waals surface area contributed by atoms with Gasteiger partial charge in [-0.05, 0) is 11.5 Å². The van der Waals surface area contributed by atoms with Crippen LogP contribution in [0.1, 0.15) is 10.5 Å². The molecule has 1 aromatic heterocycles. The highest BCUT2D eigenvalue weighted by atomic mass is 16.4. The molecule has 4 heteroatoms. The molecule has 70 valence electrons. The summed E-state index contributed by atoms with van der Waals surface area (Å²) >= 11 is 0. The monoisotopic (exact) mass is 188 g/mol. The number of carbonyl (C=O) groups is 1. The number of hydrogen-bond acceptors (Lipinski definition) is 3. The Hall–Kier alpha value is -2.10. The van der Waals surface area contributed by atoms with E-state index in [1.165, 1.54) is 6.07 Å². The Balaban J connectivity index is 2.77.